The van der Waals surface area contributed by atoms with Gasteiger partial charge in [-0.05, 0) is 25.2 Å². The molecule has 0 radical (unpaired) electrons. The minimum Gasteiger partial charge on any atom is -0.492 e. The van der Waals surface area contributed by atoms with Gasteiger partial charge in [0.15, 0.2) is 11.5 Å². The van der Waals surface area contributed by atoms with Crippen LogP contribution in [0.4, 0.5) is 0 Å². The van der Waals surface area contributed by atoms with Gasteiger partial charge in [0.25, 0.3) is 0 Å². The van der Waals surface area contributed by atoms with E-state index in [1.165, 1.54) is 0 Å². The van der Waals surface area contributed by atoms with E-state index in [0.29, 0.717) is 46.5 Å². The van der Waals surface area contributed by atoms with Crippen LogP contribution in [-0.2, 0) is 16.1 Å². The number of ether oxygens (including phenoxy) is 2. The Labute approximate surface area is 172 Å². The summed E-state index contributed by atoms with van der Waals surface area (Å²) in [6.07, 6.45) is 1.12. The molecule has 0 amide bonds. The molecule has 0 aliphatic rings. The van der Waals surface area contributed by atoms with Crippen molar-refractivity contribution in [2.75, 3.05) is 14.2 Å². The fraction of sp³-hybridized carbons (Fsp3) is 0.150. The third kappa shape index (κ3) is 7.92. The van der Waals surface area contributed by atoms with E-state index in [4.69, 9.17) is 36.5 Å². The minimum absolute atomic E-state index is 0.407. The third-order valence-electron chi connectivity index (χ3n) is 3.28. The van der Waals surface area contributed by atoms with Crippen molar-refractivity contribution in [3.8, 4) is 23.3 Å². The molecule has 152 valence electrons. The van der Waals surface area contributed by atoms with Crippen molar-refractivity contribution >= 4 is 23.5 Å². The number of carboxylic acid groups (broad SMARTS) is 2. The number of carboxylic acids is 2. The lowest BCUT2D eigenvalue weighted by Crippen LogP contribution is -2.07. The highest BCUT2D eigenvalue weighted by molar-refractivity contribution is 6.30. The molecule has 0 fully saturated rings. The van der Waals surface area contributed by atoms with Crippen LogP contribution in [0.3, 0.4) is 0 Å². The minimum atomic E-state index is -1.26. The SMILES string of the molecule is CNCc1cccc(Oc2cc(Cl)ccc2C#N)c1OC.O=C(O)C=CC(=O)O. The zero-order chi connectivity index (χ0) is 21.8. The van der Waals surface area contributed by atoms with E-state index < -0.39 is 11.9 Å². The van der Waals surface area contributed by atoms with E-state index >= 15 is 0 Å². The first-order valence-electron chi connectivity index (χ1n) is 8.14. The molecule has 3 N–H and O–H groups in total. The predicted molar refractivity (Wildman–Crippen MR) is 106 cm³/mol. The quantitative estimate of drug-likeness (QED) is 0.583. The maximum atomic E-state index is 9.55. The Hall–Kier alpha value is -3.54. The van der Waals surface area contributed by atoms with Gasteiger partial charge in [-0.1, -0.05) is 23.7 Å². The molecule has 0 spiro atoms. The van der Waals surface area contributed by atoms with Crippen molar-refractivity contribution < 1.29 is 29.3 Å². The number of nitrogens with zero attached hydrogens (tertiary/aromatic N) is 1. The molecule has 8 nitrogen and oxygen atoms in total. The lowest BCUT2D eigenvalue weighted by molar-refractivity contribution is -0.134. The summed E-state index contributed by atoms with van der Waals surface area (Å²) in [5.74, 6) is -0.926. The molecule has 0 bridgehead atoms. The van der Waals surface area contributed by atoms with Gasteiger partial charge < -0.3 is 25.0 Å². The smallest absolute Gasteiger partial charge is 0.328 e. The normalized spacial score (nSPS) is 9.86. The van der Waals surface area contributed by atoms with Gasteiger partial charge in [-0.15, -0.1) is 0 Å². The summed E-state index contributed by atoms with van der Waals surface area (Å²) in [6, 6.07) is 12.6. The Bertz CT molecular complexity index is 921. The van der Waals surface area contributed by atoms with Crippen LogP contribution in [0.2, 0.25) is 5.02 Å². The molecule has 0 unspecified atom stereocenters. The molecule has 0 aromatic heterocycles. The number of halogens is 1. The lowest BCUT2D eigenvalue weighted by atomic mass is 10.1. The predicted octanol–water partition coefficient (Wildman–Crippen LogP) is 3.44. The van der Waals surface area contributed by atoms with Gasteiger partial charge in [0, 0.05) is 35.3 Å². The fourth-order valence-electron chi connectivity index (χ4n) is 2.14. The molecule has 2 aromatic carbocycles. The van der Waals surface area contributed by atoms with E-state index in [1.54, 1.807) is 31.4 Å². The van der Waals surface area contributed by atoms with Crippen LogP contribution in [0.15, 0.2) is 48.6 Å². The molecule has 0 saturated heterocycles. The van der Waals surface area contributed by atoms with E-state index in [2.05, 4.69) is 11.4 Å². The van der Waals surface area contributed by atoms with Crippen LogP contribution in [0.5, 0.6) is 17.2 Å². The highest BCUT2D eigenvalue weighted by Crippen LogP contribution is 2.36. The summed E-state index contributed by atoms with van der Waals surface area (Å²) in [7, 11) is 3.45. The van der Waals surface area contributed by atoms with E-state index in [-0.39, 0.29) is 0 Å². The molecular formula is C20H19ClN2O6. The number of methoxy groups -OCH3 is 1. The number of para-hydroxylation sites is 1. The van der Waals surface area contributed by atoms with Gasteiger partial charge in [-0.25, -0.2) is 9.59 Å². The van der Waals surface area contributed by atoms with E-state index in [9.17, 15) is 9.59 Å². The first-order chi connectivity index (χ1) is 13.8. The summed E-state index contributed by atoms with van der Waals surface area (Å²) in [6.45, 7) is 0.654. The summed E-state index contributed by atoms with van der Waals surface area (Å²) in [5, 5.41) is 28.3. The molecule has 0 aliphatic carbocycles. The number of rotatable bonds is 7. The van der Waals surface area contributed by atoms with Gasteiger partial charge in [0.2, 0.25) is 0 Å². The topological polar surface area (TPSA) is 129 Å². The summed E-state index contributed by atoms with van der Waals surface area (Å²) >= 11 is 5.96. The highest BCUT2D eigenvalue weighted by atomic mass is 35.5. The van der Waals surface area contributed by atoms with Crippen LogP contribution >= 0.6 is 11.6 Å². The van der Waals surface area contributed by atoms with Crippen LogP contribution in [0.25, 0.3) is 0 Å². The summed E-state index contributed by atoms with van der Waals surface area (Å²) < 4.78 is 11.3. The number of hydrogen-bond donors (Lipinski definition) is 3. The van der Waals surface area contributed by atoms with Gasteiger partial charge in [0.05, 0.1) is 12.7 Å². The Morgan fingerprint density at radius 1 is 1.17 bits per heavy atom. The van der Waals surface area contributed by atoms with Crippen molar-refractivity contribution in [2.45, 2.75) is 6.54 Å². The number of hydrogen-bond acceptors (Lipinski definition) is 6. The lowest BCUT2D eigenvalue weighted by Gasteiger charge is -2.14. The maximum Gasteiger partial charge on any atom is 0.328 e. The molecule has 0 atom stereocenters. The molecule has 2 rings (SSSR count). The molecule has 0 heterocycles. The zero-order valence-electron chi connectivity index (χ0n) is 15.7. The van der Waals surface area contributed by atoms with Crippen molar-refractivity contribution in [3.63, 3.8) is 0 Å². The van der Waals surface area contributed by atoms with Crippen molar-refractivity contribution in [3.05, 3.63) is 64.7 Å². The molecule has 0 aliphatic heterocycles. The number of nitriles is 1. The first-order valence-corrected chi connectivity index (χ1v) is 8.52. The van der Waals surface area contributed by atoms with Gasteiger partial charge in [-0.2, -0.15) is 5.26 Å². The number of benzene rings is 2. The zero-order valence-corrected chi connectivity index (χ0v) is 16.4. The number of aliphatic carboxylic acids is 2. The first kappa shape index (κ1) is 23.5. The second-order valence-corrected chi connectivity index (χ2v) is 5.78. The van der Waals surface area contributed by atoms with Gasteiger partial charge in [-0.3, -0.25) is 0 Å². The van der Waals surface area contributed by atoms with Crippen molar-refractivity contribution in [1.29, 1.82) is 5.26 Å². The standard InChI is InChI=1S/C16H15ClN2O2.C4H4O4/c1-19-10-12-4-3-5-14(16(12)20-2)21-15-8-13(17)7-6-11(15)9-18;5-3(6)1-2-4(7)8/h3-8,19H,10H2,1-2H3;1-2H,(H,5,6)(H,7,8). The Morgan fingerprint density at radius 3 is 2.34 bits per heavy atom. The van der Waals surface area contributed by atoms with Gasteiger partial charge >= 0.3 is 11.9 Å². The fourth-order valence-corrected chi connectivity index (χ4v) is 2.30. The summed E-state index contributed by atoms with van der Waals surface area (Å²) in [4.78, 5) is 19.1. The van der Waals surface area contributed by atoms with Crippen LogP contribution in [0.1, 0.15) is 11.1 Å². The van der Waals surface area contributed by atoms with Crippen LogP contribution in [-0.4, -0.2) is 36.3 Å². The molecule has 2 aromatic rings. The highest BCUT2D eigenvalue weighted by Gasteiger charge is 2.13. The van der Waals surface area contributed by atoms with E-state index in [0.717, 1.165) is 5.56 Å². The molecule has 29 heavy (non-hydrogen) atoms. The second-order valence-electron chi connectivity index (χ2n) is 5.34. The van der Waals surface area contributed by atoms with Crippen molar-refractivity contribution in [1.82, 2.24) is 5.32 Å². The molecular weight excluding hydrogens is 400 g/mol. The molecule has 0 saturated carbocycles. The number of nitrogens with one attached hydrogen (secondary N) is 1. The van der Waals surface area contributed by atoms with Crippen molar-refractivity contribution in [2.24, 2.45) is 0 Å². The third-order valence-corrected chi connectivity index (χ3v) is 3.52. The Balaban J connectivity index is 0.000000447. The largest absolute Gasteiger partial charge is 0.492 e. The average molecular weight is 419 g/mol. The van der Waals surface area contributed by atoms with E-state index in [1.807, 2.05) is 19.2 Å². The van der Waals surface area contributed by atoms with Crippen LogP contribution in [0, 0.1) is 11.3 Å². The number of carbonyl (C=O) groups is 2. The summed E-state index contributed by atoms with van der Waals surface area (Å²) in [5.41, 5.74) is 1.39. The monoisotopic (exact) mass is 418 g/mol. The maximum absolute atomic E-state index is 9.55. The van der Waals surface area contributed by atoms with Gasteiger partial charge in [0.1, 0.15) is 11.8 Å². The Morgan fingerprint density at radius 2 is 1.83 bits per heavy atom. The van der Waals surface area contributed by atoms with Crippen LogP contribution < -0.4 is 14.8 Å². The average Bonchev–Trinajstić information content (AvgIpc) is 2.68. The Kier molecular flexibility index (Phi) is 9.74. The molecule has 9 heteroatoms. The second kappa shape index (κ2) is 12.0.